The van der Waals surface area contributed by atoms with E-state index in [9.17, 15) is 19.8 Å². The first-order valence-corrected chi connectivity index (χ1v) is 14.4. The summed E-state index contributed by atoms with van der Waals surface area (Å²) in [7, 11) is 0. The van der Waals surface area contributed by atoms with Crippen LogP contribution in [0.3, 0.4) is 0 Å². The molecule has 3 aliphatic carbocycles. The first-order chi connectivity index (χ1) is 18.4. The van der Waals surface area contributed by atoms with Gasteiger partial charge < -0.3 is 33.9 Å². The lowest BCUT2D eigenvalue weighted by Gasteiger charge is -2.61. The average Bonchev–Trinajstić information content (AvgIpc) is 3.07. The average molecular weight is 551 g/mol. The molecule has 0 amide bonds. The fraction of sp³-hybridized carbons (Fsp3) is 0.800. The predicted molar refractivity (Wildman–Crippen MR) is 143 cm³/mol. The smallest absolute Gasteiger partial charge is 0.307 e. The second-order valence-corrected chi connectivity index (χ2v) is 12.1. The van der Waals surface area contributed by atoms with Gasteiger partial charge >= 0.3 is 5.97 Å². The zero-order chi connectivity index (χ0) is 28.9. The number of rotatable bonds is 13. The van der Waals surface area contributed by atoms with Crippen molar-refractivity contribution < 1.29 is 43.5 Å². The van der Waals surface area contributed by atoms with Gasteiger partial charge in [-0.1, -0.05) is 47.1 Å². The Balaban J connectivity index is 1.93. The van der Waals surface area contributed by atoms with E-state index < -0.39 is 45.7 Å². The Morgan fingerprint density at radius 3 is 2.28 bits per heavy atom. The van der Waals surface area contributed by atoms with Gasteiger partial charge in [0.25, 0.3) is 0 Å². The Kier molecular flexibility index (Phi) is 8.29. The lowest BCUT2D eigenvalue weighted by Crippen LogP contribution is -2.78. The summed E-state index contributed by atoms with van der Waals surface area (Å²) in [5.74, 6) is -1.53. The van der Waals surface area contributed by atoms with Gasteiger partial charge in [-0.3, -0.25) is 9.59 Å². The highest BCUT2D eigenvalue weighted by atomic mass is 16.7. The van der Waals surface area contributed by atoms with E-state index in [1.54, 1.807) is 20.8 Å². The highest BCUT2D eigenvalue weighted by Gasteiger charge is 2.97. The molecule has 6 unspecified atom stereocenters. The van der Waals surface area contributed by atoms with Gasteiger partial charge in [-0.05, 0) is 56.6 Å². The minimum absolute atomic E-state index is 0.105. The summed E-state index contributed by atoms with van der Waals surface area (Å²) in [5, 5.41) is 25.6. The molecule has 1 heterocycles. The van der Waals surface area contributed by atoms with Crippen LogP contribution in [-0.2, 0) is 33.3 Å². The molecular weight excluding hydrogens is 504 g/mol. The van der Waals surface area contributed by atoms with E-state index in [0.717, 1.165) is 25.7 Å². The topological polar surface area (TPSA) is 121 Å². The summed E-state index contributed by atoms with van der Waals surface area (Å²) < 4.78 is 30.7. The first kappa shape index (κ1) is 30.3. The van der Waals surface area contributed by atoms with Crippen molar-refractivity contribution in [1.29, 1.82) is 0 Å². The van der Waals surface area contributed by atoms with Crippen molar-refractivity contribution in [2.75, 3.05) is 26.8 Å². The third kappa shape index (κ3) is 3.66. The van der Waals surface area contributed by atoms with Gasteiger partial charge in [-0.25, -0.2) is 0 Å². The predicted octanol–water partition coefficient (Wildman–Crippen LogP) is 3.75. The highest BCUT2D eigenvalue weighted by molar-refractivity contribution is 6.13. The minimum atomic E-state index is -2.43. The second-order valence-electron chi connectivity index (χ2n) is 12.1. The van der Waals surface area contributed by atoms with E-state index in [-0.39, 0.29) is 37.1 Å². The molecule has 4 rings (SSSR count). The van der Waals surface area contributed by atoms with E-state index in [4.69, 9.17) is 23.7 Å². The van der Waals surface area contributed by atoms with Crippen molar-refractivity contribution in [3.63, 3.8) is 0 Å². The number of Topliss-reactive ketones (excluding diaryl/α,β-unsaturated/α-hetero) is 1. The molecule has 2 saturated carbocycles. The zero-order valence-electron chi connectivity index (χ0n) is 24.4. The number of fused-ring (bicyclic) bond motifs is 2. The summed E-state index contributed by atoms with van der Waals surface area (Å²) in [6.07, 6.45) is 3.22. The Morgan fingerprint density at radius 2 is 1.69 bits per heavy atom. The molecule has 2 N–H and O–H groups in total. The summed E-state index contributed by atoms with van der Waals surface area (Å²) in [6.45, 7) is 15.6. The highest BCUT2D eigenvalue weighted by Crippen LogP contribution is 2.77. The second kappa shape index (κ2) is 10.7. The number of ether oxygens (including phenoxy) is 5. The van der Waals surface area contributed by atoms with Crippen LogP contribution in [0.1, 0.15) is 86.5 Å². The van der Waals surface area contributed by atoms with E-state index >= 15 is 0 Å². The number of carbonyl (C=O) groups is 2. The van der Waals surface area contributed by atoms with Crippen molar-refractivity contribution in [3.8, 4) is 0 Å². The lowest BCUT2D eigenvalue weighted by atomic mass is 9.55. The molecule has 1 aliphatic heterocycles. The number of allylic oxidation sites excluding steroid dienone is 1. The van der Waals surface area contributed by atoms with Crippen LogP contribution in [0.4, 0.5) is 0 Å². The van der Waals surface area contributed by atoms with Gasteiger partial charge in [-0.15, -0.1) is 0 Å². The number of hydrogen-bond acceptors (Lipinski definition) is 9. The normalized spacial score (nSPS) is 41.0. The van der Waals surface area contributed by atoms with Crippen molar-refractivity contribution in [1.82, 2.24) is 0 Å². The monoisotopic (exact) mass is 550 g/mol. The molecule has 9 nitrogen and oxygen atoms in total. The largest absolute Gasteiger partial charge is 0.449 e. The van der Waals surface area contributed by atoms with Crippen molar-refractivity contribution >= 4 is 11.8 Å². The molecule has 3 fully saturated rings. The maximum absolute atomic E-state index is 14.2. The molecule has 9 heteroatoms. The van der Waals surface area contributed by atoms with E-state index in [0.29, 0.717) is 31.6 Å². The van der Waals surface area contributed by atoms with Gasteiger partial charge in [0.1, 0.15) is 25.3 Å². The Morgan fingerprint density at radius 1 is 1.08 bits per heavy atom. The SMILES string of the molecule is C=C(C)C1=C(C)C2(O)C(O)(C1=O)C1(C)CC(=O)OC23C(OCOCCCC)C(C)CC[C@]13OCOCCCC. The Labute approximate surface area is 231 Å². The van der Waals surface area contributed by atoms with Crippen LogP contribution in [0, 0.1) is 11.3 Å². The zero-order valence-corrected chi connectivity index (χ0v) is 24.4. The molecule has 7 atom stereocenters. The number of unbranched alkanes of at least 4 members (excludes halogenated alkanes) is 2. The molecule has 0 spiro atoms. The number of esters is 1. The van der Waals surface area contributed by atoms with Crippen LogP contribution in [-0.4, -0.2) is 77.3 Å². The van der Waals surface area contributed by atoms with Gasteiger partial charge in [-0.2, -0.15) is 0 Å². The van der Waals surface area contributed by atoms with Crippen LogP contribution in [0.25, 0.3) is 0 Å². The van der Waals surface area contributed by atoms with Crippen LogP contribution >= 0.6 is 0 Å². The summed E-state index contributed by atoms with van der Waals surface area (Å²) >= 11 is 0. The molecule has 39 heavy (non-hydrogen) atoms. The third-order valence-electron chi connectivity index (χ3n) is 9.90. The van der Waals surface area contributed by atoms with Gasteiger partial charge in [0.05, 0.1) is 11.8 Å². The standard InChI is InChI=1S/C30H46O9/c1-8-10-14-35-17-37-25-20(5)12-13-27(38-18-36-15-11-9-2)26(7)16-22(31)39-30(25,27)28(33)21(6)23(19(3)4)24(32)29(26,28)34/h20,25,33-34H,3,8-18H2,1-2,4-7H3/t20?,25?,26?,27-,28?,29?,30?/m0/s1. The molecule has 0 aromatic rings. The summed E-state index contributed by atoms with van der Waals surface area (Å²) in [4.78, 5) is 27.6. The first-order valence-electron chi connectivity index (χ1n) is 14.4. The Hall–Kier alpha value is -1.62. The van der Waals surface area contributed by atoms with Crippen LogP contribution < -0.4 is 0 Å². The van der Waals surface area contributed by atoms with E-state index in [1.807, 2.05) is 6.92 Å². The molecule has 4 aliphatic rings. The van der Waals surface area contributed by atoms with Crippen LogP contribution in [0.15, 0.2) is 23.3 Å². The number of ketones is 1. The van der Waals surface area contributed by atoms with Gasteiger partial charge in [0, 0.05) is 18.8 Å². The minimum Gasteiger partial charge on any atom is -0.449 e. The Bertz CT molecular complexity index is 1040. The molecule has 0 radical (unpaired) electrons. The quantitative estimate of drug-likeness (QED) is 0.201. The molecule has 0 aromatic heterocycles. The van der Waals surface area contributed by atoms with Crippen molar-refractivity contribution in [3.05, 3.63) is 23.3 Å². The van der Waals surface area contributed by atoms with Crippen molar-refractivity contribution in [2.45, 2.75) is 115 Å². The van der Waals surface area contributed by atoms with E-state index in [1.165, 1.54) is 0 Å². The summed E-state index contributed by atoms with van der Waals surface area (Å²) in [6, 6.07) is 0. The third-order valence-corrected chi connectivity index (χ3v) is 9.90. The lowest BCUT2D eigenvalue weighted by molar-refractivity contribution is -0.345. The molecular formula is C30H46O9. The van der Waals surface area contributed by atoms with E-state index in [2.05, 4.69) is 20.4 Å². The fourth-order valence-corrected chi connectivity index (χ4v) is 8.04. The maximum atomic E-state index is 14.2. The van der Waals surface area contributed by atoms with Gasteiger partial charge in [0.2, 0.25) is 5.60 Å². The number of hydrogen-bond donors (Lipinski definition) is 2. The number of carbonyl (C=O) groups excluding carboxylic acids is 2. The van der Waals surface area contributed by atoms with Crippen LogP contribution in [0.5, 0.6) is 0 Å². The molecule has 2 bridgehead atoms. The molecule has 220 valence electrons. The van der Waals surface area contributed by atoms with Crippen molar-refractivity contribution in [2.24, 2.45) is 11.3 Å². The number of aliphatic hydroxyl groups is 2. The molecule has 0 aromatic carbocycles. The summed E-state index contributed by atoms with van der Waals surface area (Å²) in [5.41, 5.74) is -8.98. The molecule has 1 saturated heterocycles. The maximum Gasteiger partial charge on any atom is 0.307 e. The van der Waals surface area contributed by atoms with Crippen LogP contribution in [0.2, 0.25) is 0 Å². The fourth-order valence-electron chi connectivity index (χ4n) is 8.04. The van der Waals surface area contributed by atoms with Gasteiger partial charge in [0.15, 0.2) is 17.0 Å².